The van der Waals surface area contributed by atoms with Crippen molar-refractivity contribution in [2.45, 2.75) is 45.6 Å². The van der Waals surface area contributed by atoms with Crippen molar-refractivity contribution in [3.63, 3.8) is 0 Å². The number of allylic oxidation sites excluding steroid dienone is 5. The number of phenols is 1. The monoisotopic (exact) mass is 370 g/mol. The summed E-state index contributed by atoms with van der Waals surface area (Å²) in [4.78, 5) is 11.9. The molecule has 1 aromatic carbocycles. The van der Waals surface area contributed by atoms with Gasteiger partial charge >= 0.3 is 5.97 Å². The highest BCUT2D eigenvalue weighted by Crippen LogP contribution is 2.16. The van der Waals surface area contributed by atoms with Crippen LogP contribution in [0.4, 0.5) is 0 Å². The zero-order valence-corrected chi connectivity index (χ0v) is 16.5. The first kappa shape index (κ1) is 22.3. The van der Waals surface area contributed by atoms with Crippen LogP contribution in [-0.4, -0.2) is 23.3 Å². The van der Waals surface area contributed by atoms with Crippen LogP contribution in [0.1, 0.15) is 39.2 Å². The van der Waals surface area contributed by atoms with Crippen molar-refractivity contribution in [2.24, 2.45) is 0 Å². The van der Waals surface area contributed by atoms with Crippen molar-refractivity contribution in [3.05, 3.63) is 78.6 Å². The topological polar surface area (TPSA) is 55.8 Å². The number of carbonyl (C=O) groups is 1. The van der Waals surface area contributed by atoms with Gasteiger partial charge in [0.2, 0.25) is 0 Å². The number of hydrogen-bond donors (Lipinski definition) is 1. The van der Waals surface area contributed by atoms with Crippen LogP contribution in [0, 0.1) is 0 Å². The van der Waals surface area contributed by atoms with Gasteiger partial charge in [0.1, 0.15) is 17.1 Å². The Morgan fingerprint density at radius 2 is 1.74 bits per heavy atom. The van der Waals surface area contributed by atoms with E-state index >= 15 is 0 Å². The third-order valence-corrected chi connectivity index (χ3v) is 3.56. The Morgan fingerprint density at radius 1 is 1.07 bits per heavy atom. The number of rotatable bonds is 10. The lowest BCUT2D eigenvalue weighted by molar-refractivity contribution is -0.143. The van der Waals surface area contributed by atoms with Gasteiger partial charge in [-0.2, -0.15) is 0 Å². The van der Waals surface area contributed by atoms with Crippen molar-refractivity contribution >= 4 is 5.97 Å². The molecule has 0 aliphatic rings. The Balaban J connectivity index is 2.45. The fourth-order valence-corrected chi connectivity index (χ4v) is 2.20. The SMILES string of the molecule is C=C/C(=C\C=C(/C=C)OC(C)(C)C)CCC(=O)OCCc1ccc(O)cc1. The quantitative estimate of drug-likeness (QED) is 0.347. The predicted octanol–water partition coefficient (Wildman–Crippen LogP) is 5.26. The van der Waals surface area contributed by atoms with Gasteiger partial charge in [-0.3, -0.25) is 4.79 Å². The number of ether oxygens (including phenoxy) is 2. The normalized spacial score (nSPS) is 12.4. The maximum atomic E-state index is 11.9. The van der Waals surface area contributed by atoms with Crippen LogP contribution in [-0.2, 0) is 20.7 Å². The zero-order chi connectivity index (χ0) is 20.3. The van der Waals surface area contributed by atoms with E-state index in [1.165, 1.54) is 0 Å². The molecule has 0 heterocycles. The van der Waals surface area contributed by atoms with Crippen LogP contribution in [0.3, 0.4) is 0 Å². The summed E-state index contributed by atoms with van der Waals surface area (Å²) in [5.41, 5.74) is 1.62. The lowest BCUT2D eigenvalue weighted by Gasteiger charge is -2.21. The summed E-state index contributed by atoms with van der Waals surface area (Å²) in [6.07, 6.45) is 8.51. The summed E-state index contributed by atoms with van der Waals surface area (Å²) in [7, 11) is 0. The highest BCUT2D eigenvalue weighted by atomic mass is 16.5. The molecule has 1 rings (SSSR count). The maximum Gasteiger partial charge on any atom is 0.306 e. The van der Waals surface area contributed by atoms with E-state index in [1.54, 1.807) is 24.3 Å². The highest BCUT2D eigenvalue weighted by Gasteiger charge is 2.11. The van der Waals surface area contributed by atoms with E-state index < -0.39 is 0 Å². The van der Waals surface area contributed by atoms with E-state index in [0.717, 1.165) is 11.1 Å². The van der Waals surface area contributed by atoms with Gasteiger partial charge in [0.25, 0.3) is 0 Å². The van der Waals surface area contributed by atoms with Crippen LogP contribution in [0.25, 0.3) is 0 Å². The van der Waals surface area contributed by atoms with Crippen LogP contribution in [0.5, 0.6) is 5.75 Å². The number of phenolic OH excluding ortho intramolecular Hbond substituents is 1. The molecule has 0 saturated carbocycles. The number of aromatic hydroxyl groups is 1. The first-order chi connectivity index (χ1) is 12.7. The van der Waals surface area contributed by atoms with Crippen molar-refractivity contribution in [1.82, 2.24) is 0 Å². The molecule has 1 aromatic rings. The van der Waals surface area contributed by atoms with Crippen LogP contribution in [0.2, 0.25) is 0 Å². The molecule has 27 heavy (non-hydrogen) atoms. The summed E-state index contributed by atoms with van der Waals surface area (Å²) in [6, 6.07) is 6.86. The van der Waals surface area contributed by atoms with Crippen molar-refractivity contribution < 1.29 is 19.4 Å². The summed E-state index contributed by atoms with van der Waals surface area (Å²) in [6.45, 7) is 13.8. The van der Waals surface area contributed by atoms with E-state index in [4.69, 9.17) is 9.47 Å². The number of hydrogen-bond acceptors (Lipinski definition) is 4. The minimum absolute atomic E-state index is 0.223. The lowest BCUT2D eigenvalue weighted by Crippen LogP contribution is -2.17. The average molecular weight is 370 g/mol. The van der Waals surface area contributed by atoms with E-state index in [1.807, 2.05) is 45.1 Å². The van der Waals surface area contributed by atoms with Crippen molar-refractivity contribution in [2.75, 3.05) is 6.61 Å². The largest absolute Gasteiger partial charge is 0.508 e. The zero-order valence-electron chi connectivity index (χ0n) is 16.5. The second kappa shape index (κ2) is 11.1. The van der Waals surface area contributed by atoms with Crippen molar-refractivity contribution in [1.29, 1.82) is 0 Å². The third kappa shape index (κ3) is 10.1. The summed E-state index contributed by atoms with van der Waals surface area (Å²) >= 11 is 0. The smallest absolute Gasteiger partial charge is 0.306 e. The van der Waals surface area contributed by atoms with Gasteiger partial charge in [0.15, 0.2) is 0 Å². The molecular formula is C23H30O4. The molecule has 0 unspecified atom stereocenters. The fraction of sp³-hybridized carbons (Fsp3) is 0.348. The molecule has 0 saturated heterocycles. The van der Waals surface area contributed by atoms with Gasteiger partial charge in [-0.1, -0.05) is 37.4 Å². The van der Waals surface area contributed by atoms with Crippen LogP contribution >= 0.6 is 0 Å². The summed E-state index contributed by atoms with van der Waals surface area (Å²) < 4.78 is 11.0. The first-order valence-corrected chi connectivity index (χ1v) is 9.02. The van der Waals surface area contributed by atoms with Gasteiger partial charge in [-0.25, -0.2) is 0 Å². The Morgan fingerprint density at radius 3 is 2.30 bits per heavy atom. The summed E-state index contributed by atoms with van der Waals surface area (Å²) in [5.74, 6) is 0.639. The second-order valence-corrected chi connectivity index (χ2v) is 7.07. The van der Waals surface area contributed by atoms with E-state index in [9.17, 15) is 9.90 Å². The predicted molar refractivity (Wildman–Crippen MR) is 109 cm³/mol. The minimum Gasteiger partial charge on any atom is -0.508 e. The number of benzene rings is 1. The molecular weight excluding hydrogens is 340 g/mol. The minimum atomic E-state index is -0.302. The lowest BCUT2D eigenvalue weighted by atomic mass is 10.1. The molecule has 1 N–H and O–H groups in total. The van der Waals surface area contributed by atoms with Crippen molar-refractivity contribution in [3.8, 4) is 5.75 Å². The van der Waals surface area contributed by atoms with E-state index in [-0.39, 0.29) is 23.7 Å². The van der Waals surface area contributed by atoms with Gasteiger partial charge in [-0.15, -0.1) is 0 Å². The molecule has 0 amide bonds. The number of esters is 1. The molecule has 0 aliphatic heterocycles. The molecule has 146 valence electrons. The van der Waals surface area contributed by atoms with Gasteiger partial charge in [0.05, 0.1) is 6.61 Å². The van der Waals surface area contributed by atoms with Gasteiger partial charge in [0, 0.05) is 12.8 Å². The van der Waals surface area contributed by atoms with Crippen LogP contribution < -0.4 is 0 Å². The molecule has 0 fully saturated rings. The molecule has 0 spiro atoms. The first-order valence-electron chi connectivity index (χ1n) is 9.02. The Labute approximate surface area is 162 Å². The maximum absolute atomic E-state index is 11.9. The van der Waals surface area contributed by atoms with Gasteiger partial charge in [-0.05, 0) is 62.6 Å². The summed E-state index contributed by atoms with van der Waals surface area (Å²) in [5, 5.41) is 9.25. The van der Waals surface area contributed by atoms with Crippen LogP contribution in [0.15, 0.2) is 73.1 Å². The second-order valence-electron chi connectivity index (χ2n) is 7.07. The molecule has 4 heteroatoms. The Kier molecular flexibility index (Phi) is 9.14. The third-order valence-electron chi connectivity index (χ3n) is 3.56. The highest BCUT2D eigenvalue weighted by molar-refractivity contribution is 5.69. The Bertz CT molecular complexity index is 688. The fourth-order valence-electron chi connectivity index (χ4n) is 2.20. The molecule has 0 aliphatic carbocycles. The molecule has 0 atom stereocenters. The van der Waals surface area contributed by atoms with E-state index in [0.29, 0.717) is 25.2 Å². The van der Waals surface area contributed by atoms with E-state index in [2.05, 4.69) is 13.2 Å². The standard InChI is InChI=1S/C23H30O4/c1-6-18(10-14-21(7-2)27-23(3,4)5)11-15-22(25)26-17-16-19-8-12-20(24)13-9-19/h6-10,12-14,24H,1-2,11,15-17H2,3-5H3/b18-10+,21-14+. The molecule has 4 nitrogen and oxygen atoms in total. The number of carbonyl (C=O) groups excluding carboxylic acids is 1. The van der Waals surface area contributed by atoms with Gasteiger partial charge < -0.3 is 14.6 Å². The average Bonchev–Trinajstić information content (AvgIpc) is 2.61. The molecule has 0 aromatic heterocycles. The Hall–Kier alpha value is -2.75. The molecule has 0 bridgehead atoms. The molecule has 0 radical (unpaired) electrons.